The van der Waals surface area contributed by atoms with Gasteiger partial charge in [0.25, 0.3) is 11.8 Å². The van der Waals surface area contributed by atoms with Gasteiger partial charge >= 0.3 is 5.63 Å². The lowest BCUT2D eigenvalue weighted by atomic mass is 9.95. The van der Waals surface area contributed by atoms with Gasteiger partial charge in [-0.05, 0) is 76.1 Å². The minimum Gasteiger partial charge on any atom is -0.422 e. The summed E-state index contributed by atoms with van der Waals surface area (Å²) in [7, 11) is -0.166. The number of rotatable bonds is 7. The maximum absolute atomic E-state index is 15.0. The Bertz CT molecular complexity index is 1870. The Kier molecular flexibility index (Phi) is 7.99. The van der Waals surface area contributed by atoms with Crippen LogP contribution in [0.4, 0.5) is 10.1 Å². The van der Waals surface area contributed by atoms with Crippen LogP contribution in [0.25, 0.3) is 11.0 Å². The van der Waals surface area contributed by atoms with Gasteiger partial charge in [0, 0.05) is 55.5 Å². The molecule has 2 aliphatic heterocycles. The van der Waals surface area contributed by atoms with Gasteiger partial charge in [0.05, 0.1) is 35.1 Å². The molecule has 2 amide bonds. The fourth-order valence-corrected chi connectivity index (χ4v) is 7.51. The fourth-order valence-electron chi connectivity index (χ4n) is 6.27. The van der Waals surface area contributed by atoms with Crippen LogP contribution in [0.15, 0.2) is 39.5 Å². The molecule has 3 aromatic rings. The second kappa shape index (κ2) is 11.5. The molecule has 240 valence electrons. The first-order valence-corrected chi connectivity index (χ1v) is 16.5. The first kappa shape index (κ1) is 31.2. The predicted molar refractivity (Wildman–Crippen MR) is 167 cm³/mol. The molecular formula is C32H37FN4O7S. The maximum Gasteiger partial charge on any atom is 0.341 e. The Labute approximate surface area is 261 Å². The van der Waals surface area contributed by atoms with Gasteiger partial charge in [-0.25, -0.2) is 22.3 Å². The summed E-state index contributed by atoms with van der Waals surface area (Å²) < 4.78 is 52.0. The number of carbonyl (C=O) groups excluding carboxylic acids is 2. The predicted octanol–water partition coefficient (Wildman–Crippen LogP) is 2.82. The molecular weight excluding hydrogens is 603 g/mol. The zero-order valence-corrected chi connectivity index (χ0v) is 26.6. The number of likely N-dealkylation sites (N-methyl/N-ethyl adjacent to an activating group) is 1. The summed E-state index contributed by atoms with van der Waals surface area (Å²) >= 11 is 0. The second-order valence-corrected chi connectivity index (χ2v) is 14.7. The van der Waals surface area contributed by atoms with E-state index in [2.05, 4.69) is 22.9 Å². The summed E-state index contributed by atoms with van der Waals surface area (Å²) in [4.78, 5) is 45.2. The number of ether oxygens (including phenoxy) is 1. The summed E-state index contributed by atoms with van der Waals surface area (Å²) in [6.07, 6.45) is 1.25. The van der Waals surface area contributed by atoms with Crippen LogP contribution in [0.2, 0.25) is 0 Å². The number of piperazine rings is 1. The average molecular weight is 641 g/mol. The van der Waals surface area contributed by atoms with Gasteiger partial charge in [0.15, 0.2) is 0 Å². The van der Waals surface area contributed by atoms with Crippen molar-refractivity contribution >= 4 is 38.5 Å². The summed E-state index contributed by atoms with van der Waals surface area (Å²) in [6.45, 7) is 6.88. The van der Waals surface area contributed by atoms with E-state index in [0.717, 1.165) is 54.0 Å². The maximum atomic E-state index is 15.0. The average Bonchev–Trinajstić information content (AvgIpc) is 3.77. The zero-order valence-electron chi connectivity index (χ0n) is 25.8. The number of sulfonamides is 1. The van der Waals surface area contributed by atoms with E-state index in [1.54, 1.807) is 7.11 Å². The monoisotopic (exact) mass is 640 g/mol. The van der Waals surface area contributed by atoms with Crippen LogP contribution < -0.4 is 15.2 Å². The first-order valence-electron chi connectivity index (χ1n) is 15.0. The van der Waals surface area contributed by atoms with Crippen molar-refractivity contribution < 1.29 is 31.6 Å². The number of methoxy groups -OCH3 is 1. The molecule has 11 nitrogen and oxygen atoms in total. The zero-order chi connectivity index (χ0) is 32.3. The van der Waals surface area contributed by atoms with E-state index in [9.17, 15) is 27.2 Å². The first-order chi connectivity index (χ1) is 21.3. The summed E-state index contributed by atoms with van der Waals surface area (Å²) in [5.41, 5.74) is 2.62. The minimum absolute atomic E-state index is 0.00885. The number of anilines is 1. The molecule has 13 heteroatoms. The highest BCUT2D eigenvalue weighted by atomic mass is 32.2. The molecule has 1 aliphatic carbocycles. The molecule has 1 N–H and O–H groups in total. The van der Waals surface area contributed by atoms with Gasteiger partial charge < -0.3 is 19.0 Å². The van der Waals surface area contributed by atoms with E-state index >= 15 is 0 Å². The number of hydrogen-bond donors (Lipinski definition) is 1. The van der Waals surface area contributed by atoms with Gasteiger partial charge in [-0.3, -0.25) is 14.5 Å². The van der Waals surface area contributed by atoms with Crippen molar-refractivity contribution in [2.24, 2.45) is 0 Å². The van der Waals surface area contributed by atoms with E-state index in [1.165, 1.54) is 17.9 Å². The molecule has 1 saturated heterocycles. The van der Waals surface area contributed by atoms with Crippen molar-refractivity contribution in [2.45, 2.75) is 50.4 Å². The van der Waals surface area contributed by atoms with Gasteiger partial charge in [-0.1, -0.05) is 0 Å². The third kappa shape index (κ3) is 5.61. The number of nitrogens with one attached hydrogen (secondary N) is 1. The Hall–Kier alpha value is -3.81. The van der Waals surface area contributed by atoms with Crippen LogP contribution in [0.1, 0.15) is 57.2 Å². The van der Waals surface area contributed by atoms with Crippen molar-refractivity contribution in [3.05, 3.63) is 74.4 Å². The molecule has 1 atom stereocenters. The molecule has 1 saturated carbocycles. The van der Waals surface area contributed by atoms with Crippen LogP contribution in [-0.4, -0.2) is 87.8 Å². The topological polar surface area (TPSA) is 129 Å². The van der Waals surface area contributed by atoms with Crippen molar-refractivity contribution in [2.75, 3.05) is 51.8 Å². The number of hydrogen-bond acceptors (Lipinski definition) is 9. The molecule has 1 aromatic heterocycles. The second-order valence-electron chi connectivity index (χ2n) is 12.5. The Balaban J connectivity index is 1.21. The van der Waals surface area contributed by atoms with Gasteiger partial charge in [0.2, 0.25) is 10.0 Å². The van der Waals surface area contributed by atoms with Crippen molar-refractivity contribution in [3.8, 4) is 0 Å². The number of halogens is 1. The van der Waals surface area contributed by atoms with Gasteiger partial charge in [-0.2, -0.15) is 0 Å². The fraction of sp³-hybridized carbons (Fsp3) is 0.469. The molecule has 0 bridgehead atoms. The molecule has 0 unspecified atom stereocenters. The molecule has 6 rings (SSSR count). The highest BCUT2D eigenvalue weighted by Crippen LogP contribution is 2.42. The largest absolute Gasteiger partial charge is 0.422 e. The highest BCUT2D eigenvalue weighted by molar-refractivity contribution is 7.91. The van der Waals surface area contributed by atoms with E-state index in [4.69, 9.17) is 9.15 Å². The minimum atomic E-state index is -3.95. The smallest absolute Gasteiger partial charge is 0.341 e. The van der Waals surface area contributed by atoms with E-state index in [-0.39, 0.29) is 18.2 Å². The van der Waals surface area contributed by atoms with E-state index in [1.807, 2.05) is 17.7 Å². The molecule has 0 radical (unpaired) electrons. The van der Waals surface area contributed by atoms with Crippen LogP contribution in [0.3, 0.4) is 0 Å². The number of carbonyl (C=O) groups is 2. The normalized spacial score (nSPS) is 19.8. The molecule has 3 heterocycles. The summed E-state index contributed by atoms with van der Waals surface area (Å²) in [5, 5.41) is 0.830. The van der Waals surface area contributed by atoms with Gasteiger partial charge in [0.1, 0.15) is 11.4 Å². The molecule has 2 aromatic carbocycles. The number of amides is 2. The van der Waals surface area contributed by atoms with Crippen LogP contribution in [0.5, 0.6) is 0 Å². The molecule has 2 fully saturated rings. The molecule has 45 heavy (non-hydrogen) atoms. The lowest BCUT2D eigenvalue weighted by Gasteiger charge is -2.41. The SMILES string of the molecule is COC[C@H]1CN(c2ccc3c4c(c(=O)oc3c2C)CN(C(=O)c2ccc(C(=O)NS(=O)(=O)C3(C)CC3)c(F)c2)CC4)CCN1C. The van der Waals surface area contributed by atoms with Gasteiger partial charge in [-0.15, -0.1) is 0 Å². The Morgan fingerprint density at radius 1 is 1.13 bits per heavy atom. The lowest BCUT2D eigenvalue weighted by Crippen LogP contribution is -2.53. The van der Waals surface area contributed by atoms with E-state index in [0.29, 0.717) is 43.6 Å². The van der Waals surface area contributed by atoms with Crippen molar-refractivity contribution in [1.82, 2.24) is 14.5 Å². The Morgan fingerprint density at radius 3 is 2.58 bits per heavy atom. The third-order valence-corrected chi connectivity index (χ3v) is 11.7. The van der Waals surface area contributed by atoms with E-state index < -0.39 is 43.6 Å². The molecule has 0 spiro atoms. The number of fused-ring (bicyclic) bond motifs is 3. The number of benzene rings is 2. The van der Waals surface area contributed by atoms with Crippen molar-refractivity contribution in [3.63, 3.8) is 0 Å². The summed E-state index contributed by atoms with van der Waals surface area (Å²) in [5.74, 6) is -2.62. The molecule has 3 aliphatic rings. The van der Waals surface area contributed by atoms with Crippen LogP contribution >= 0.6 is 0 Å². The van der Waals surface area contributed by atoms with Crippen LogP contribution in [-0.2, 0) is 27.7 Å². The standard InChI is InChI=1S/C32H37FN4O7S/c1-19-27(36-14-13-35(3)21(16-36)18-43-4)8-7-23-22-9-12-37(17-25(22)31(40)44-28(19)23)30(39)20-5-6-24(26(33)15-20)29(38)34-45(41,42)32(2)10-11-32/h5-8,15,21H,9-14,16-18H2,1-4H3,(H,34,38)/t21-/m1/s1. The van der Waals surface area contributed by atoms with Crippen molar-refractivity contribution in [1.29, 1.82) is 0 Å². The number of aryl methyl sites for hydroxylation is 1. The highest BCUT2D eigenvalue weighted by Gasteiger charge is 2.51. The van der Waals surface area contributed by atoms with Crippen LogP contribution in [0, 0.1) is 12.7 Å². The quantitative estimate of drug-likeness (QED) is 0.388. The Morgan fingerprint density at radius 2 is 1.89 bits per heavy atom. The lowest BCUT2D eigenvalue weighted by molar-refractivity contribution is 0.0731. The third-order valence-electron chi connectivity index (χ3n) is 9.54. The summed E-state index contributed by atoms with van der Waals surface area (Å²) in [6, 6.07) is 7.57. The number of nitrogens with zero attached hydrogens (tertiary/aromatic N) is 3.